The highest BCUT2D eigenvalue weighted by Crippen LogP contribution is 2.33. The van der Waals surface area contributed by atoms with Gasteiger partial charge in [-0.05, 0) is 55.2 Å². The fourth-order valence-corrected chi connectivity index (χ4v) is 3.92. The Morgan fingerprint density at radius 2 is 1.74 bits per heavy atom. The molecule has 0 radical (unpaired) electrons. The van der Waals surface area contributed by atoms with Gasteiger partial charge in [0.15, 0.2) is 0 Å². The Balaban J connectivity index is 1.49. The molecule has 19 heavy (non-hydrogen) atoms. The Morgan fingerprint density at radius 3 is 2.53 bits per heavy atom. The van der Waals surface area contributed by atoms with Gasteiger partial charge in [0.1, 0.15) is 0 Å². The van der Waals surface area contributed by atoms with Crippen LogP contribution >= 0.6 is 0 Å². The Labute approximate surface area is 117 Å². The molecule has 1 heteroatoms. The van der Waals surface area contributed by atoms with Crippen molar-refractivity contribution in [3.05, 3.63) is 35.4 Å². The molecule has 0 heterocycles. The zero-order valence-corrected chi connectivity index (χ0v) is 12.2. The highest BCUT2D eigenvalue weighted by Gasteiger charge is 2.24. The van der Waals surface area contributed by atoms with Gasteiger partial charge in [-0.3, -0.25) is 0 Å². The molecule has 0 aliphatic heterocycles. The van der Waals surface area contributed by atoms with E-state index in [2.05, 4.69) is 36.5 Å². The fraction of sp³-hybridized carbons (Fsp3) is 0.667. The quantitative estimate of drug-likeness (QED) is 0.838. The summed E-state index contributed by atoms with van der Waals surface area (Å²) < 4.78 is 0. The lowest BCUT2D eigenvalue weighted by Crippen LogP contribution is -2.28. The first kappa shape index (κ1) is 13.2. The van der Waals surface area contributed by atoms with Crippen molar-refractivity contribution >= 4 is 0 Å². The van der Waals surface area contributed by atoms with Crippen LogP contribution in [0.15, 0.2) is 24.3 Å². The molecule has 2 aliphatic rings. The normalized spacial score (nSPS) is 30.3. The van der Waals surface area contributed by atoms with Gasteiger partial charge in [0, 0.05) is 6.04 Å². The predicted molar refractivity (Wildman–Crippen MR) is 81.2 cm³/mol. The molecule has 3 rings (SSSR count). The summed E-state index contributed by atoms with van der Waals surface area (Å²) in [5.74, 6) is 1.94. The molecule has 0 saturated heterocycles. The topological polar surface area (TPSA) is 12.0 Å². The van der Waals surface area contributed by atoms with Crippen molar-refractivity contribution in [1.29, 1.82) is 0 Å². The summed E-state index contributed by atoms with van der Waals surface area (Å²) in [6.45, 7) is 3.58. The standard InChI is InChI=1S/C18H27N/c1-2-14-7-9-15(10-8-14)13-19-18-12-11-16-5-3-4-6-17(16)18/h3-6,14-15,18-19H,2,7-13H2,1H3. The Morgan fingerprint density at radius 1 is 1.00 bits per heavy atom. The third-order valence-electron chi connectivity index (χ3n) is 5.33. The van der Waals surface area contributed by atoms with Crippen molar-refractivity contribution in [2.24, 2.45) is 11.8 Å². The number of rotatable bonds is 4. The van der Waals surface area contributed by atoms with Crippen LogP contribution in [0.3, 0.4) is 0 Å². The van der Waals surface area contributed by atoms with Crippen molar-refractivity contribution in [1.82, 2.24) is 5.32 Å². The van der Waals surface area contributed by atoms with Gasteiger partial charge in [0.25, 0.3) is 0 Å². The monoisotopic (exact) mass is 257 g/mol. The van der Waals surface area contributed by atoms with E-state index in [1.165, 1.54) is 51.5 Å². The minimum absolute atomic E-state index is 0.625. The van der Waals surface area contributed by atoms with Crippen molar-refractivity contribution in [3.63, 3.8) is 0 Å². The van der Waals surface area contributed by atoms with Crippen molar-refractivity contribution in [2.45, 2.75) is 57.9 Å². The zero-order valence-electron chi connectivity index (χ0n) is 12.2. The molecule has 0 bridgehead atoms. The van der Waals surface area contributed by atoms with Gasteiger partial charge >= 0.3 is 0 Å². The van der Waals surface area contributed by atoms with Gasteiger partial charge in [0.2, 0.25) is 0 Å². The van der Waals surface area contributed by atoms with E-state index in [-0.39, 0.29) is 0 Å². The largest absolute Gasteiger partial charge is 0.310 e. The van der Waals surface area contributed by atoms with Gasteiger partial charge in [-0.25, -0.2) is 0 Å². The lowest BCUT2D eigenvalue weighted by atomic mass is 9.81. The van der Waals surface area contributed by atoms with E-state index in [0.29, 0.717) is 6.04 Å². The van der Waals surface area contributed by atoms with Gasteiger partial charge in [-0.15, -0.1) is 0 Å². The van der Waals surface area contributed by atoms with E-state index in [1.54, 1.807) is 11.1 Å². The Kier molecular flexibility index (Phi) is 4.22. The molecule has 104 valence electrons. The molecule has 1 N–H and O–H groups in total. The summed E-state index contributed by atoms with van der Waals surface area (Å²) in [4.78, 5) is 0. The van der Waals surface area contributed by atoms with E-state index in [1.807, 2.05) is 0 Å². The summed E-state index contributed by atoms with van der Waals surface area (Å²) in [5, 5.41) is 3.84. The number of nitrogens with one attached hydrogen (secondary N) is 1. The molecule has 1 atom stereocenters. The van der Waals surface area contributed by atoms with E-state index in [0.717, 1.165) is 11.8 Å². The summed E-state index contributed by atoms with van der Waals surface area (Å²) in [6, 6.07) is 9.59. The zero-order chi connectivity index (χ0) is 13.1. The second-order valence-electron chi connectivity index (χ2n) is 6.49. The number of hydrogen-bond donors (Lipinski definition) is 1. The van der Waals surface area contributed by atoms with Crippen molar-refractivity contribution in [3.8, 4) is 0 Å². The van der Waals surface area contributed by atoms with Crippen LogP contribution < -0.4 is 5.32 Å². The third kappa shape index (κ3) is 3.02. The third-order valence-corrected chi connectivity index (χ3v) is 5.33. The van der Waals surface area contributed by atoms with Crippen molar-refractivity contribution < 1.29 is 0 Å². The van der Waals surface area contributed by atoms with Crippen molar-refractivity contribution in [2.75, 3.05) is 6.54 Å². The second kappa shape index (κ2) is 6.09. The van der Waals surface area contributed by atoms with Crippen LogP contribution in [0.25, 0.3) is 0 Å². The summed E-state index contributed by atoms with van der Waals surface area (Å²) in [7, 11) is 0. The average molecular weight is 257 g/mol. The fourth-order valence-electron chi connectivity index (χ4n) is 3.92. The van der Waals surface area contributed by atoms with Crippen LogP contribution in [0.2, 0.25) is 0 Å². The van der Waals surface area contributed by atoms with Crippen LogP contribution in [0.4, 0.5) is 0 Å². The number of benzene rings is 1. The maximum atomic E-state index is 3.84. The molecule has 1 fully saturated rings. The Hall–Kier alpha value is -0.820. The molecule has 1 saturated carbocycles. The lowest BCUT2D eigenvalue weighted by Gasteiger charge is -2.29. The molecule has 1 nitrogen and oxygen atoms in total. The minimum atomic E-state index is 0.625. The van der Waals surface area contributed by atoms with Crippen LogP contribution in [0, 0.1) is 11.8 Å². The van der Waals surface area contributed by atoms with E-state index in [4.69, 9.17) is 0 Å². The van der Waals surface area contributed by atoms with E-state index >= 15 is 0 Å². The van der Waals surface area contributed by atoms with Gasteiger partial charge in [-0.2, -0.15) is 0 Å². The van der Waals surface area contributed by atoms with Crippen LogP contribution in [0.5, 0.6) is 0 Å². The van der Waals surface area contributed by atoms with E-state index < -0.39 is 0 Å². The lowest BCUT2D eigenvalue weighted by molar-refractivity contribution is 0.256. The molecule has 1 aromatic carbocycles. The second-order valence-corrected chi connectivity index (χ2v) is 6.49. The Bertz CT molecular complexity index is 404. The number of aryl methyl sites for hydroxylation is 1. The molecule has 2 aliphatic carbocycles. The van der Waals surface area contributed by atoms with Crippen LogP contribution in [-0.2, 0) is 6.42 Å². The maximum absolute atomic E-state index is 3.84. The summed E-state index contributed by atoms with van der Waals surface area (Å²) in [6.07, 6.45) is 9.75. The van der Waals surface area contributed by atoms with Crippen LogP contribution in [0.1, 0.15) is 62.6 Å². The molecular weight excluding hydrogens is 230 g/mol. The number of fused-ring (bicyclic) bond motifs is 1. The van der Waals surface area contributed by atoms with Crippen LogP contribution in [-0.4, -0.2) is 6.54 Å². The molecule has 0 aromatic heterocycles. The first-order chi connectivity index (χ1) is 9.36. The summed E-state index contributed by atoms with van der Waals surface area (Å²) >= 11 is 0. The predicted octanol–water partition coefficient (Wildman–Crippen LogP) is 4.48. The molecule has 1 aromatic rings. The minimum Gasteiger partial charge on any atom is -0.310 e. The van der Waals surface area contributed by atoms with E-state index in [9.17, 15) is 0 Å². The first-order valence-corrected chi connectivity index (χ1v) is 8.18. The molecule has 0 spiro atoms. The summed E-state index contributed by atoms with van der Waals surface area (Å²) in [5.41, 5.74) is 3.12. The molecule has 1 unspecified atom stereocenters. The maximum Gasteiger partial charge on any atom is 0.0326 e. The smallest absolute Gasteiger partial charge is 0.0326 e. The van der Waals surface area contributed by atoms with Gasteiger partial charge < -0.3 is 5.32 Å². The molecule has 0 amide bonds. The highest BCUT2D eigenvalue weighted by molar-refractivity contribution is 5.34. The number of hydrogen-bond acceptors (Lipinski definition) is 1. The average Bonchev–Trinajstić information content (AvgIpc) is 2.89. The highest BCUT2D eigenvalue weighted by atomic mass is 14.9. The molecular formula is C18H27N. The SMILES string of the molecule is CCC1CCC(CNC2CCc3ccccc32)CC1. The first-order valence-electron chi connectivity index (χ1n) is 8.18. The van der Waals surface area contributed by atoms with Gasteiger partial charge in [-0.1, -0.05) is 50.5 Å². The van der Waals surface area contributed by atoms with Gasteiger partial charge in [0.05, 0.1) is 0 Å².